The van der Waals surface area contributed by atoms with E-state index in [-0.39, 0.29) is 5.56 Å². The van der Waals surface area contributed by atoms with Crippen LogP contribution in [0.5, 0.6) is 0 Å². The molecule has 2 aromatic carbocycles. The second-order valence-corrected chi connectivity index (χ2v) is 6.49. The van der Waals surface area contributed by atoms with E-state index in [9.17, 15) is 31.4 Å². The van der Waals surface area contributed by atoms with E-state index >= 15 is 0 Å². The molecule has 0 bridgehead atoms. The van der Waals surface area contributed by atoms with Gasteiger partial charge in [-0.2, -0.15) is 31.4 Å². The molecule has 0 heterocycles. The predicted octanol–water partition coefficient (Wildman–Crippen LogP) is 5.51. The van der Waals surface area contributed by atoms with Crippen molar-refractivity contribution < 1.29 is 31.4 Å². The summed E-state index contributed by atoms with van der Waals surface area (Å²) in [5, 5.41) is 13.2. The lowest BCUT2D eigenvalue weighted by Gasteiger charge is -2.32. The Bertz CT molecular complexity index is 774. The molecule has 0 saturated heterocycles. The van der Waals surface area contributed by atoms with Crippen LogP contribution in [0.15, 0.2) is 64.2 Å². The van der Waals surface area contributed by atoms with Crippen LogP contribution in [-0.4, -0.2) is 28.8 Å². The highest BCUT2D eigenvalue weighted by Crippen LogP contribution is 2.45. The van der Waals surface area contributed by atoms with Crippen LogP contribution < -0.4 is 5.43 Å². The largest absolute Gasteiger partial charge is 0.426 e. The maximum Gasteiger partial charge on any atom is 0.426 e. The van der Waals surface area contributed by atoms with Gasteiger partial charge < -0.3 is 5.11 Å². The Morgan fingerprint density at radius 2 is 1.41 bits per heavy atom. The van der Waals surface area contributed by atoms with Crippen LogP contribution in [0.2, 0.25) is 0 Å². The molecule has 0 atom stereocenters. The molecule has 0 amide bonds. The minimum absolute atomic E-state index is 0.00597. The maximum atomic E-state index is 13.1. The fourth-order valence-corrected chi connectivity index (χ4v) is 2.36. The molecule has 27 heavy (non-hydrogen) atoms. The number of para-hydroxylation sites is 1. The van der Waals surface area contributed by atoms with Gasteiger partial charge in [0.05, 0.1) is 11.4 Å². The molecule has 0 aromatic heterocycles. The van der Waals surface area contributed by atoms with Gasteiger partial charge in [-0.1, -0.05) is 46.3 Å². The van der Waals surface area contributed by atoms with Gasteiger partial charge in [-0.3, -0.25) is 5.43 Å². The highest BCUT2D eigenvalue weighted by molar-refractivity contribution is 9.10. The molecule has 0 radical (unpaired) electrons. The number of benzene rings is 2. The van der Waals surface area contributed by atoms with E-state index < -0.39 is 30.1 Å². The zero-order chi connectivity index (χ0) is 20.3. The average molecular weight is 455 g/mol. The van der Waals surface area contributed by atoms with Crippen molar-refractivity contribution in [3.8, 4) is 0 Å². The van der Waals surface area contributed by atoms with Gasteiger partial charge in [0.2, 0.25) is 0 Å². The Kier molecular flexibility index (Phi) is 6.21. The van der Waals surface area contributed by atoms with Crippen molar-refractivity contribution >= 4 is 27.3 Å². The van der Waals surface area contributed by atoms with Gasteiger partial charge in [-0.15, -0.1) is 0 Å². The number of hydrogen-bond acceptors (Lipinski definition) is 3. The number of nitrogens with zero attached hydrogens (tertiary/aromatic N) is 1. The van der Waals surface area contributed by atoms with Crippen LogP contribution in [0.1, 0.15) is 12.0 Å². The van der Waals surface area contributed by atoms with E-state index in [0.717, 1.165) is 0 Å². The van der Waals surface area contributed by atoms with Crippen molar-refractivity contribution in [1.29, 1.82) is 0 Å². The lowest BCUT2D eigenvalue weighted by Crippen LogP contribution is -2.58. The summed E-state index contributed by atoms with van der Waals surface area (Å²) in [6, 6.07) is 13.4. The third kappa shape index (κ3) is 5.01. The fourth-order valence-electron chi connectivity index (χ4n) is 2.10. The Morgan fingerprint density at radius 1 is 0.889 bits per heavy atom. The van der Waals surface area contributed by atoms with Crippen molar-refractivity contribution in [2.24, 2.45) is 5.10 Å². The molecule has 0 spiro atoms. The van der Waals surface area contributed by atoms with E-state index in [2.05, 4.69) is 26.5 Å². The van der Waals surface area contributed by atoms with E-state index in [1.54, 1.807) is 18.2 Å². The number of rotatable bonds is 5. The third-order valence-corrected chi connectivity index (χ3v) is 4.16. The molecule has 0 aliphatic carbocycles. The van der Waals surface area contributed by atoms with Crippen LogP contribution in [0, 0.1) is 0 Å². The molecule has 0 unspecified atom stereocenters. The number of halogens is 7. The summed E-state index contributed by atoms with van der Waals surface area (Å²) in [5.41, 5.74) is -2.78. The maximum absolute atomic E-state index is 13.1. The van der Waals surface area contributed by atoms with E-state index in [1.165, 1.54) is 36.4 Å². The molecule has 10 heteroatoms. The minimum atomic E-state index is -5.94. The standard InChI is InChI=1S/C17H13BrF6N2O/c18-12-8-6-11(7-9-12)14(26-25-13-4-2-1-3-5-13)10-15(27,16(19,20)21)17(22,23)24/h1-9,25,27H,10H2/b26-14+. The first-order valence-electron chi connectivity index (χ1n) is 7.43. The first-order chi connectivity index (χ1) is 12.4. The van der Waals surface area contributed by atoms with Crippen molar-refractivity contribution in [3.05, 3.63) is 64.6 Å². The molecule has 0 aliphatic heterocycles. The van der Waals surface area contributed by atoms with Crippen molar-refractivity contribution in [2.75, 3.05) is 5.43 Å². The minimum Gasteiger partial charge on any atom is -0.373 e. The zero-order valence-electron chi connectivity index (χ0n) is 13.4. The lowest BCUT2D eigenvalue weighted by molar-refractivity contribution is -0.365. The topological polar surface area (TPSA) is 44.6 Å². The Morgan fingerprint density at radius 3 is 1.89 bits per heavy atom. The molecule has 3 nitrogen and oxygen atoms in total. The van der Waals surface area contributed by atoms with Crippen LogP contribution in [0.25, 0.3) is 0 Å². The van der Waals surface area contributed by atoms with Gasteiger partial charge in [0.1, 0.15) is 0 Å². The van der Waals surface area contributed by atoms with Crippen molar-refractivity contribution in [3.63, 3.8) is 0 Å². The number of aliphatic hydroxyl groups is 1. The molecule has 0 fully saturated rings. The normalized spacial score (nSPS) is 13.6. The van der Waals surface area contributed by atoms with E-state index in [1.807, 2.05) is 0 Å². The number of hydrogen-bond donors (Lipinski definition) is 2. The van der Waals surface area contributed by atoms with Gasteiger partial charge >= 0.3 is 12.4 Å². The third-order valence-electron chi connectivity index (χ3n) is 3.63. The van der Waals surface area contributed by atoms with Crippen LogP contribution >= 0.6 is 15.9 Å². The summed E-state index contributed by atoms with van der Waals surface area (Å²) >= 11 is 3.13. The number of nitrogens with one attached hydrogen (secondary N) is 1. The van der Waals surface area contributed by atoms with Gasteiger partial charge in [0.25, 0.3) is 5.60 Å². The Balaban J connectivity index is 2.47. The first-order valence-corrected chi connectivity index (χ1v) is 8.23. The molecule has 2 N–H and O–H groups in total. The summed E-state index contributed by atoms with van der Waals surface area (Å²) in [5.74, 6) is 0. The Labute approximate surface area is 158 Å². The number of hydrazone groups is 1. The molecule has 2 aromatic rings. The second kappa shape index (κ2) is 7.89. The summed E-state index contributed by atoms with van der Waals surface area (Å²) in [6.45, 7) is 0. The summed E-state index contributed by atoms with van der Waals surface area (Å²) < 4.78 is 78.9. The summed E-state index contributed by atoms with van der Waals surface area (Å²) in [4.78, 5) is 0. The second-order valence-electron chi connectivity index (χ2n) is 5.58. The SMILES string of the molecule is OC(C/C(=N\Nc1ccccc1)c1ccc(Br)cc1)(C(F)(F)F)C(F)(F)F. The van der Waals surface area contributed by atoms with Crippen LogP contribution in [0.3, 0.4) is 0 Å². The quantitative estimate of drug-likeness (QED) is 0.355. The molecule has 0 aliphatic rings. The average Bonchev–Trinajstić information content (AvgIpc) is 2.58. The molecular formula is C17H13BrF6N2O. The zero-order valence-corrected chi connectivity index (χ0v) is 15.0. The summed E-state index contributed by atoms with van der Waals surface area (Å²) in [7, 11) is 0. The number of alkyl halides is 6. The first kappa shape index (κ1) is 21.2. The summed E-state index contributed by atoms with van der Waals surface area (Å²) in [6.07, 6.45) is -13.7. The van der Waals surface area contributed by atoms with E-state index in [0.29, 0.717) is 10.2 Å². The highest BCUT2D eigenvalue weighted by atomic mass is 79.9. The highest BCUT2D eigenvalue weighted by Gasteiger charge is 2.70. The molecule has 146 valence electrons. The fraction of sp³-hybridized carbons (Fsp3) is 0.235. The molecule has 2 rings (SSSR count). The van der Waals surface area contributed by atoms with Gasteiger partial charge in [-0.25, -0.2) is 0 Å². The van der Waals surface area contributed by atoms with Crippen molar-refractivity contribution in [2.45, 2.75) is 24.4 Å². The smallest absolute Gasteiger partial charge is 0.373 e. The van der Waals surface area contributed by atoms with Crippen molar-refractivity contribution in [1.82, 2.24) is 0 Å². The van der Waals surface area contributed by atoms with E-state index in [4.69, 9.17) is 0 Å². The molecule has 0 saturated carbocycles. The monoisotopic (exact) mass is 454 g/mol. The van der Waals surface area contributed by atoms with Gasteiger partial charge in [-0.05, 0) is 29.8 Å². The van der Waals surface area contributed by atoms with Gasteiger partial charge in [0.15, 0.2) is 0 Å². The van der Waals surface area contributed by atoms with Gasteiger partial charge in [0, 0.05) is 10.9 Å². The lowest BCUT2D eigenvalue weighted by atomic mass is 9.92. The van der Waals surface area contributed by atoms with Crippen LogP contribution in [0.4, 0.5) is 32.0 Å². The molecular weight excluding hydrogens is 442 g/mol. The number of anilines is 1. The predicted molar refractivity (Wildman–Crippen MR) is 92.4 cm³/mol. The van der Waals surface area contributed by atoms with Crippen LogP contribution in [-0.2, 0) is 0 Å². The Hall–Kier alpha value is -2.07.